The summed E-state index contributed by atoms with van der Waals surface area (Å²) in [6.45, 7) is 0. The standard InChI is InChI=1S/C22H20N4OS/c23-21-20-19(25-22(15-7-6-8-15)26(20)14-13-24-21)17-11-4-5-12-18(17)28(27)16-9-2-1-3-10-16/h1-5,9-15H,6-8H2,(H2,23,24). The largest absolute Gasteiger partial charge is 0.382 e. The predicted octanol–water partition coefficient (Wildman–Crippen LogP) is 4.41. The summed E-state index contributed by atoms with van der Waals surface area (Å²) in [6, 6.07) is 17.2. The second-order valence-corrected chi connectivity index (χ2v) is 8.50. The van der Waals surface area contributed by atoms with Crippen molar-refractivity contribution in [3.63, 3.8) is 0 Å². The number of benzene rings is 2. The Morgan fingerprint density at radius 1 is 1.04 bits per heavy atom. The van der Waals surface area contributed by atoms with Crippen LogP contribution in [0.2, 0.25) is 0 Å². The molecule has 2 aromatic carbocycles. The van der Waals surface area contributed by atoms with E-state index < -0.39 is 10.8 Å². The first kappa shape index (κ1) is 17.1. The van der Waals surface area contributed by atoms with Gasteiger partial charge >= 0.3 is 0 Å². The smallest absolute Gasteiger partial charge is 0.150 e. The van der Waals surface area contributed by atoms with E-state index >= 15 is 0 Å². The first-order valence-corrected chi connectivity index (χ1v) is 10.6. The average Bonchev–Trinajstić information content (AvgIpc) is 3.07. The number of nitrogen functional groups attached to an aromatic ring is 1. The number of aromatic nitrogens is 3. The molecule has 5 rings (SSSR count). The summed E-state index contributed by atoms with van der Waals surface area (Å²) in [6.07, 6.45) is 7.14. The SMILES string of the molecule is Nc1nccn2c(C3CCC3)nc(-c3ccccc3S(=O)c3ccccc3)c12. The lowest BCUT2D eigenvalue weighted by atomic mass is 9.85. The topological polar surface area (TPSA) is 73.3 Å². The third kappa shape index (κ3) is 2.72. The van der Waals surface area contributed by atoms with E-state index in [9.17, 15) is 4.21 Å². The monoisotopic (exact) mass is 388 g/mol. The van der Waals surface area contributed by atoms with Gasteiger partial charge in [0.1, 0.15) is 22.9 Å². The molecule has 0 aliphatic heterocycles. The number of nitrogens with two attached hydrogens (primary N) is 1. The molecule has 0 saturated heterocycles. The van der Waals surface area contributed by atoms with Gasteiger partial charge in [0, 0.05) is 28.8 Å². The summed E-state index contributed by atoms with van der Waals surface area (Å²) in [4.78, 5) is 10.8. The Morgan fingerprint density at radius 2 is 1.79 bits per heavy atom. The highest BCUT2D eigenvalue weighted by Gasteiger charge is 2.28. The van der Waals surface area contributed by atoms with Crippen LogP contribution < -0.4 is 5.73 Å². The fourth-order valence-corrected chi connectivity index (χ4v) is 4.95. The summed E-state index contributed by atoms with van der Waals surface area (Å²) in [5, 5.41) is 0. The first-order chi connectivity index (χ1) is 13.7. The molecule has 2 N–H and O–H groups in total. The number of hydrogen-bond donors (Lipinski definition) is 1. The highest BCUT2D eigenvalue weighted by atomic mass is 32.2. The molecule has 1 unspecified atom stereocenters. The van der Waals surface area contributed by atoms with Crippen LogP contribution >= 0.6 is 0 Å². The molecular formula is C22H20N4OS. The van der Waals surface area contributed by atoms with Crippen LogP contribution in [0.25, 0.3) is 16.8 Å². The first-order valence-electron chi connectivity index (χ1n) is 9.42. The fourth-order valence-electron chi connectivity index (χ4n) is 3.72. The molecule has 28 heavy (non-hydrogen) atoms. The van der Waals surface area contributed by atoms with Gasteiger partial charge in [-0.2, -0.15) is 0 Å². The molecule has 0 radical (unpaired) electrons. The van der Waals surface area contributed by atoms with Crippen LogP contribution in [0, 0.1) is 0 Å². The van der Waals surface area contributed by atoms with Gasteiger partial charge in [0.15, 0.2) is 0 Å². The second-order valence-electron chi connectivity index (χ2n) is 7.06. The Labute approximate surface area is 165 Å². The minimum atomic E-state index is -1.31. The van der Waals surface area contributed by atoms with E-state index in [4.69, 9.17) is 10.7 Å². The van der Waals surface area contributed by atoms with Gasteiger partial charge in [0.25, 0.3) is 0 Å². The van der Waals surface area contributed by atoms with E-state index in [1.807, 2.05) is 60.8 Å². The molecular weight excluding hydrogens is 368 g/mol. The second kappa shape index (κ2) is 6.87. The number of rotatable bonds is 4. The van der Waals surface area contributed by atoms with Crippen LogP contribution in [0.3, 0.4) is 0 Å². The third-order valence-electron chi connectivity index (χ3n) is 5.38. The van der Waals surface area contributed by atoms with E-state index in [2.05, 4.69) is 9.38 Å². The zero-order valence-electron chi connectivity index (χ0n) is 15.3. The Hall–Kier alpha value is -2.99. The van der Waals surface area contributed by atoms with Crippen molar-refractivity contribution in [3.8, 4) is 11.3 Å². The van der Waals surface area contributed by atoms with E-state index in [-0.39, 0.29) is 0 Å². The molecule has 1 saturated carbocycles. The normalized spacial score (nSPS) is 15.4. The van der Waals surface area contributed by atoms with E-state index in [1.165, 1.54) is 6.42 Å². The average molecular weight is 388 g/mol. The van der Waals surface area contributed by atoms with Crippen molar-refractivity contribution in [1.29, 1.82) is 0 Å². The number of hydrogen-bond acceptors (Lipinski definition) is 4. The molecule has 5 nitrogen and oxygen atoms in total. The molecule has 140 valence electrons. The number of nitrogens with zero attached hydrogens (tertiary/aromatic N) is 3. The fraction of sp³-hybridized carbons (Fsp3) is 0.182. The summed E-state index contributed by atoms with van der Waals surface area (Å²) >= 11 is 0. The van der Waals surface area contributed by atoms with E-state index in [0.717, 1.165) is 45.2 Å². The maximum atomic E-state index is 13.3. The van der Waals surface area contributed by atoms with E-state index in [1.54, 1.807) is 6.20 Å². The van der Waals surface area contributed by atoms with Gasteiger partial charge in [-0.25, -0.2) is 14.2 Å². The summed E-state index contributed by atoms with van der Waals surface area (Å²) in [5.74, 6) is 1.90. The van der Waals surface area contributed by atoms with Crippen LogP contribution in [0.5, 0.6) is 0 Å². The Balaban J connectivity index is 1.73. The van der Waals surface area contributed by atoms with Gasteiger partial charge in [-0.1, -0.05) is 42.8 Å². The van der Waals surface area contributed by atoms with Crippen LogP contribution in [0.1, 0.15) is 31.0 Å². The van der Waals surface area contributed by atoms with Gasteiger partial charge in [-0.3, -0.25) is 4.40 Å². The Bertz CT molecular complexity index is 1180. The van der Waals surface area contributed by atoms with Crippen molar-refractivity contribution in [2.45, 2.75) is 35.0 Å². The van der Waals surface area contributed by atoms with Gasteiger partial charge in [0.2, 0.25) is 0 Å². The predicted molar refractivity (Wildman–Crippen MR) is 111 cm³/mol. The molecule has 0 amide bonds. The Morgan fingerprint density at radius 3 is 2.54 bits per heavy atom. The van der Waals surface area contributed by atoms with Crippen LogP contribution in [-0.4, -0.2) is 18.6 Å². The maximum absolute atomic E-state index is 13.3. The van der Waals surface area contributed by atoms with Gasteiger partial charge in [-0.05, 0) is 31.0 Å². The van der Waals surface area contributed by atoms with Gasteiger partial charge < -0.3 is 5.73 Å². The number of fused-ring (bicyclic) bond motifs is 1. The number of imidazole rings is 1. The molecule has 2 aromatic heterocycles. The summed E-state index contributed by atoms with van der Waals surface area (Å²) in [5.41, 5.74) is 8.65. The molecule has 1 fully saturated rings. The Kier molecular flexibility index (Phi) is 4.20. The highest BCUT2D eigenvalue weighted by Crippen LogP contribution is 2.40. The van der Waals surface area contributed by atoms with E-state index in [0.29, 0.717) is 11.7 Å². The minimum Gasteiger partial charge on any atom is -0.382 e. The molecule has 1 atom stereocenters. The zero-order valence-corrected chi connectivity index (χ0v) is 16.1. The molecule has 1 aliphatic rings. The minimum absolute atomic E-state index is 0.440. The van der Waals surface area contributed by atoms with Crippen molar-refractivity contribution >= 4 is 22.1 Å². The van der Waals surface area contributed by atoms with Crippen LogP contribution in [0.4, 0.5) is 5.82 Å². The molecule has 6 heteroatoms. The van der Waals surface area contributed by atoms with Crippen molar-refractivity contribution in [2.24, 2.45) is 0 Å². The quantitative estimate of drug-likeness (QED) is 0.562. The summed E-state index contributed by atoms with van der Waals surface area (Å²) < 4.78 is 15.4. The lowest BCUT2D eigenvalue weighted by molar-refractivity contribution is 0.400. The maximum Gasteiger partial charge on any atom is 0.150 e. The lowest BCUT2D eigenvalue weighted by Crippen LogP contribution is -2.12. The van der Waals surface area contributed by atoms with Crippen molar-refractivity contribution < 1.29 is 4.21 Å². The highest BCUT2D eigenvalue weighted by molar-refractivity contribution is 7.85. The third-order valence-corrected chi connectivity index (χ3v) is 6.84. The van der Waals surface area contributed by atoms with Crippen LogP contribution in [0.15, 0.2) is 76.8 Å². The molecule has 1 aliphatic carbocycles. The van der Waals surface area contributed by atoms with Crippen molar-refractivity contribution in [1.82, 2.24) is 14.4 Å². The molecule has 2 heterocycles. The van der Waals surface area contributed by atoms with Gasteiger partial charge in [-0.15, -0.1) is 0 Å². The lowest BCUT2D eigenvalue weighted by Gasteiger charge is -2.23. The van der Waals surface area contributed by atoms with Crippen LogP contribution in [-0.2, 0) is 10.8 Å². The van der Waals surface area contributed by atoms with Crippen molar-refractivity contribution in [3.05, 3.63) is 72.8 Å². The zero-order chi connectivity index (χ0) is 19.1. The number of anilines is 1. The molecule has 0 spiro atoms. The summed E-state index contributed by atoms with van der Waals surface area (Å²) in [7, 11) is -1.31. The molecule has 0 bridgehead atoms. The van der Waals surface area contributed by atoms with Gasteiger partial charge in [0.05, 0.1) is 15.7 Å². The molecule has 4 aromatic rings. The van der Waals surface area contributed by atoms with Crippen molar-refractivity contribution in [2.75, 3.05) is 5.73 Å².